The third-order valence-corrected chi connectivity index (χ3v) is 3.28. The summed E-state index contributed by atoms with van der Waals surface area (Å²) in [5, 5.41) is 3.51. The molecular weight excluding hydrogens is 210 g/mol. The first-order valence-corrected chi connectivity index (χ1v) is 6.12. The van der Waals surface area contributed by atoms with Gasteiger partial charge in [0.1, 0.15) is 0 Å². The summed E-state index contributed by atoms with van der Waals surface area (Å²) in [4.78, 5) is 4.55. The van der Waals surface area contributed by atoms with Gasteiger partial charge in [0.05, 0.1) is 5.69 Å². The molecule has 0 radical (unpaired) electrons. The third kappa shape index (κ3) is 2.05. The van der Waals surface area contributed by atoms with E-state index in [-0.39, 0.29) is 0 Å². The molecule has 1 saturated carbocycles. The van der Waals surface area contributed by atoms with Crippen molar-refractivity contribution in [2.24, 2.45) is 5.92 Å². The van der Waals surface area contributed by atoms with Crippen molar-refractivity contribution >= 4 is 5.95 Å². The van der Waals surface area contributed by atoms with Gasteiger partial charge in [-0.05, 0) is 31.4 Å². The van der Waals surface area contributed by atoms with E-state index < -0.39 is 0 Å². The molecule has 0 aliphatic heterocycles. The van der Waals surface area contributed by atoms with E-state index in [1.54, 1.807) is 0 Å². The number of rotatable bonds is 3. The van der Waals surface area contributed by atoms with Crippen molar-refractivity contribution in [3.8, 4) is 5.69 Å². The molecule has 2 atom stereocenters. The molecule has 1 aliphatic carbocycles. The fourth-order valence-electron chi connectivity index (χ4n) is 2.07. The number of para-hydroxylation sites is 1. The molecule has 3 heteroatoms. The number of aromatic nitrogens is 2. The fourth-order valence-corrected chi connectivity index (χ4v) is 2.07. The zero-order valence-electron chi connectivity index (χ0n) is 10.2. The molecule has 0 amide bonds. The summed E-state index contributed by atoms with van der Waals surface area (Å²) >= 11 is 0. The van der Waals surface area contributed by atoms with Gasteiger partial charge >= 0.3 is 0 Å². The van der Waals surface area contributed by atoms with Crippen molar-refractivity contribution in [3.63, 3.8) is 0 Å². The van der Waals surface area contributed by atoms with Gasteiger partial charge in [-0.3, -0.25) is 4.57 Å². The van der Waals surface area contributed by atoms with Crippen LogP contribution in [0.2, 0.25) is 0 Å². The molecule has 1 heterocycles. The number of anilines is 1. The van der Waals surface area contributed by atoms with Crippen molar-refractivity contribution in [1.29, 1.82) is 0 Å². The van der Waals surface area contributed by atoms with Crippen LogP contribution in [0.4, 0.5) is 5.95 Å². The van der Waals surface area contributed by atoms with Gasteiger partial charge in [-0.2, -0.15) is 0 Å². The monoisotopic (exact) mass is 227 g/mol. The molecule has 0 saturated heterocycles. The second-order valence-corrected chi connectivity index (χ2v) is 4.88. The van der Waals surface area contributed by atoms with E-state index in [1.807, 2.05) is 25.1 Å². The second kappa shape index (κ2) is 3.91. The summed E-state index contributed by atoms with van der Waals surface area (Å²) in [7, 11) is 0. The van der Waals surface area contributed by atoms with Gasteiger partial charge in [-0.25, -0.2) is 4.98 Å². The summed E-state index contributed by atoms with van der Waals surface area (Å²) in [6, 6.07) is 10.9. The standard InChI is InChI=1S/C14H17N3/c1-10-8-13(10)16-14-15-11(2)9-17(14)12-6-4-3-5-7-12/h3-7,9-10,13H,8H2,1-2H3,(H,15,16). The van der Waals surface area contributed by atoms with E-state index in [1.165, 1.54) is 6.42 Å². The number of imidazole rings is 1. The Balaban J connectivity index is 1.93. The molecular formula is C14H17N3. The lowest BCUT2D eigenvalue weighted by molar-refractivity contribution is 0.905. The molecule has 0 bridgehead atoms. The Kier molecular flexibility index (Phi) is 2.39. The highest BCUT2D eigenvalue weighted by Gasteiger charge is 2.33. The predicted molar refractivity (Wildman–Crippen MR) is 69.5 cm³/mol. The smallest absolute Gasteiger partial charge is 0.207 e. The van der Waals surface area contributed by atoms with Crippen molar-refractivity contribution in [3.05, 3.63) is 42.2 Å². The Morgan fingerprint density at radius 1 is 1.29 bits per heavy atom. The Labute approximate surface area is 101 Å². The molecule has 3 rings (SSSR count). The van der Waals surface area contributed by atoms with E-state index >= 15 is 0 Å². The highest BCUT2D eigenvalue weighted by atomic mass is 15.2. The van der Waals surface area contributed by atoms with Gasteiger partial charge in [0, 0.05) is 17.9 Å². The molecule has 0 spiro atoms. The van der Waals surface area contributed by atoms with Crippen LogP contribution in [0.5, 0.6) is 0 Å². The third-order valence-electron chi connectivity index (χ3n) is 3.28. The van der Waals surface area contributed by atoms with E-state index in [0.717, 1.165) is 23.2 Å². The Morgan fingerprint density at radius 3 is 2.65 bits per heavy atom. The number of hydrogen-bond acceptors (Lipinski definition) is 2. The average molecular weight is 227 g/mol. The SMILES string of the molecule is Cc1cn(-c2ccccc2)c(NC2CC2C)n1. The van der Waals surface area contributed by atoms with Crippen LogP contribution in [0, 0.1) is 12.8 Å². The molecule has 1 aromatic heterocycles. The van der Waals surface area contributed by atoms with Crippen LogP contribution in [-0.2, 0) is 0 Å². The Morgan fingerprint density at radius 2 is 2.00 bits per heavy atom. The van der Waals surface area contributed by atoms with Gasteiger partial charge in [-0.1, -0.05) is 25.1 Å². The number of benzene rings is 1. The predicted octanol–water partition coefficient (Wildman–Crippen LogP) is 3.00. The second-order valence-electron chi connectivity index (χ2n) is 4.88. The largest absolute Gasteiger partial charge is 0.352 e. The van der Waals surface area contributed by atoms with Crippen LogP contribution >= 0.6 is 0 Å². The molecule has 3 nitrogen and oxygen atoms in total. The fraction of sp³-hybridized carbons (Fsp3) is 0.357. The molecule has 88 valence electrons. The van der Waals surface area contributed by atoms with Crippen LogP contribution in [0.25, 0.3) is 5.69 Å². The van der Waals surface area contributed by atoms with Gasteiger partial charge in [0.25, 0.3) is 0 Å². The minimum Gasteiger partial charge on any atom is -0.352 e. The van der Waals surface area contributed by atoms with Crippen molar-refractivity contribution < 1.29 is 0 Å². The molecule has 1 fully saturated rings. The van der Waals surface area contributed by atoms with Gasteiger partial charge in [0.15, 0.2) is 0 Å². The number of nitrogens with one attached hydrogen (secondary N) is 1. The number of aryl methyl sites for hydroxylation is 1. The van der Waals surface area contributed by atoms with Crippen LogP contribution in [0.3, 0.4) is 0 Å². The minimum absolute atomic E-state index is 0.597. The van der Waals surface area contributed by atoms with Gasteiger partial charge < -0.3 is 5.32 Å². The van der Waals surface area contributed by atoms with Crippen molar-refractivity contribution in [1.82, 2.24) is 9.55 Å². The van der Waals surface area contributed by atoms with Crippen molar-refractivity contribution in [2.45, 2.75) is 26.3 Å². The summed E-state index contributed by atoms with van der Waals surface area (Å²) in [5.74, 6) is 1.74. The van der Waals surface area contributed by atoms with Gasteiger partial charge in [-0.15, -0.1) is 0 Å². The van der Waals surface area contributed by atoms with Crippen LogP contribution < -0.4 is 5.32 Å². The van der Waals surface area contributed by atoms with Crippen LogP contribution in [0.1, 0.15) is 19.0 Å². The zero-order valence-corrected chi connectivity index (χ0v) is 10.2. The average Bonchev–Trinajstić information content (AvgIpc) is 2.88. The highest BCUT2D eigenvalue weighted by molar-refractivity contribution is 5.44. The first kappa shape index (κ1) is 10.4. The lowest BCUT2D eigenvalue weighted by atomic mass is 10.3. The normalized spacial score (nSPS) is 22.5. The summed E-state index contributed by atoms with van der Waals surface area (Å²) in [5.41, 5.74) is 2.20. The lowest BCUT2D eigenvalue weighted by Crippen LogP contribution is -2.09. The number of nitrogens with zero attached hydrogens (tertiary/aromatic N) is 2. The van der Waals surface area contributed by atoms with Crippen LogP contribution in [0.15, 0.2) is 36.5 Å². The van der Waals surface area contributed by atoms with E-state index in [4.69, 9.17) is 0 Å². The maximum atomic E-state index is 4.55. The van der Waals surface area contributed by atoms with E-state index in [0.29, 0.717) is 6.04 Å². The molecule has 1 aromatic carbocycles. The molecule has 2 unspecified atom stereocenters. The first-order valence-electron chi connectivity index (χ1n) is 6.12. The molecule has 1 aliphatic rings. The maximum Gasteiger partial charge on any atom is 0.207 e. The lowest BCUT2D eigenvalue weighted by Gasteiger charge is -2.08. The Hall–Kier alpha value is -1.77. The van der Waals surface area contributed by atoms with E-state index in [9.17, 15) is 0 Å². The highest BCUT2D eigenvalue weighted by Crippen LogP contribution is 2.32. The van der Waals surface area contributed by atoms with Crippen molar-refractivity contribution in [2.75, 3.05) is 5.32 Å². The molecule has 2 aromatic rings. The quantitative estimate of drug-likeness (QED) is 0.873. The maximum absolute atomic E-state index is 4.55. The summed E-state index contributed by atoms with van der Waals surface area (Å²) in [6.45, 7) is 4.29. The topological polar surface area (TPSA) is 29.9 Å². The number of hydrogen-bond donors (Lipinski definition) is 1. The molecule has 17 heavy (non-hydrogen) atoms. The zero-order chi connectivity index (χ0) is 11.8. The first-order chi connectivity index (χ1) is 8.24. The molecule has 1 N–H and O–H groups in total. The van der Waals surface area contributed by atoms with E-state index in [2.05, 4.69) is 40.1 Å². The summed E-state index contributed by atoms with van der Waals surface area (Å²) in [6.07, 6.45) is 3.32. The van der Waals surface area contributed by atoms with Crippen LogP contribution in [-0.4, -0.2) is 15.6 Å². The Bertz CT molecular complexity index is 516. The summed E-state index contributed by atoms with van der Waals surface area (Å²) < 4.78 is 2.13. The minimum atomic E-state index is 0.597. The van der Waals surface area contributed by atoms with Gasteiger partial charge in [0.2, 0.25) is 5.95 Å².